The van der Waals surface area contributed by atoms with Crippen LogP contribution < -0.4 is 14.8 Å². The van der Waals surface area contributed by atoms with Crippen LogP contribution in [0.1, 0.15) is 49.5 Å². The molecule has 11 nitrogen and oxygen atoms in total. The van der Waals surface area contributed by atoms with Crippen molar-refractivity contribution in [2.45, 2.75) is 57.3 Å². The summed E-state index contributed by atoms with van der Waals surface area (Å²) >= 11 is 0. The molecule has 1 saturated carbocycles. The molecule has 2 heterocycles. The van der Waals surface area contributed by atoms with Crippen LogP contribution in [0.5, 0.6) is 11.5 Å². The summed E-state index contributed by atoms with van der Waals surface area (Å²) in [5.74, 6) is 0.587. The Morgan fingerprint density at radius 3 is 2.52 bits per heavy atom. The van der Waals surface area contributed by atoms with Crippen LogP contribution in [-0.2, 0) is 22.7 Å². The number of ether oxygens (including phenoxy) is 2. The van der Waals surface area contributed by atoms with Crippen molar-refractivity contribution in [3.05, 3.63) is 78.0 Å². The molecule has 2 aromatic heterocycles. The molecule has 1 aliphatic rings. The first-order valence-electron chi connectivity index (χ1n) is 13.8. The summed E-state index contributed by atoms with van der Waals surface area (Å²) in [6, 6.07) is 13.2. The Kier molecular flexibility index (Phi) is 9.10. The molecule has 0 spiro atoms. The lowest BCUT2D eigenvalue weighted by atomic mass is 9.94. The Labute approximate surface area is 242 Å². The lowest BCUT2D eigenvalue weighted by molar-refractivity contribution is -0.143. The van der Waals surface area contributed by atoms with Crippen molar-refractivity contribution >= 4 is 11.8 Å². The third-order valence-electron chi connectivity index (χ3n) is 7.30. The molecular weight excluding hydrogens is 543 g/mol. The van der Waals surface area contributed by atoms with Crippen molar-refractivity contribution in [1.82, 2.24) is 30.4 Å². The van der Waals surface area contributed by atoms with Gasteiger partial charge in [0.05, 0.1) is 27.0 Å². The van der Waals surface area contributed by atoms with Crippen molar-refractivity contribution in [3.8, 4) is 22.9 Å². The maximum absolute atomic E-state index is 13.9. The number of hydrogen-bond acceptors (Lipinski definition) is 8. The number of tetrazole rings is 1. The van der Waals surface area contributed by atoms with E-state index in [2.05, 4.69) is 20.7 Å². The van der Waals surface area contributed by atoms with Gasteiger partial charge in [0.2, 0.25) is 17.6 Å². The standard InChI is InChI=1S/C30H33FN6O5/c1-40-25-15-12-21(17-26(25)41-2)29-33-35-37(34-29)19-27(38)36(18-24-9-6-16-42-24)28(20-10-13-22(31)14-11-20)30(39)32-23-7-4-3-5-8-23/h6,9-17,23,28H,3-5,7-8,18-19H2,1-2H3,(H,32,39)/t28-/m1/s1. The SMILES string of the molecule is COc1ccc(-c2nnn(CC(=O)N(Cc3ccco3)[C@@H](C(=O)NC3CCCCC3)c3ccc(F)cc3)n2)cc1OC. The lowest BCUT2D eigenvalue weighted by Crippen LogP contribution is -2.47. The molecule has 1 atom stereocenters. The molecule has 2 amide bonds. The van der Waals surface area contributed by atoms with Crippen LogP contribution in [0.3, 0.4) is 0 Å². The Morgan fingerprint density at radius 2 is 1.83 bits per heavy atom. The minimum atomic E-state index is -1.04. The number of carbonyl (C=O) groups is 2. The van der Waals surface area contributed by atoms with Gasteiger partial charge in [-0.2, -0.15) is 4.80 Å². The average molecular weight is 577 g/mol. The second-order valence-corrected chi connectivity index (χ2v) is 10.1. The number of furan rings is 1. The lowest BCUT2D eigenvalue weighted by Gasteiger charge is -2.33. The van der Waals surface area contributed by atoms with Gasteiger partial charge < -0.3 is 24.1 Å². The van der Waals surface area contributed by atoms with Gasteiger partial charge >= 0.3 is 0 Å². The number of carbonyl (C=O) groups excluding carboxylic acids is 2. The molecule has 0 radical (unpaired) electrons. The molecule has 220 valence electrons. The molecule has 12 heteroatoms. The van der Waals surface area contributed by atoms with Gasteiger partial charge in [0.25, 0.3) is 0 Å². The van der Waals surface area contributed by atoms with Crippen LogP contribution >= 0.6 is 0 Å². The van der Waals surface area contributed by atoms with E-state index in [0.29, 0.717) is 28.4 Å². The summed E-state index contributed by atoms with van der Waals surface area (Å²) in [6.07, 6.45) is 6.43. The first-order valence-corrected chi connectivity index (χ1v) is 13.8. The number of hydrogen-bond donors (Lipinski definition) is 1. The van der Waals surface area contributed by atoms with Gasteiger partial charge in [0, 0.05) is 11.6 Å². The van der Waals surface area contributed by atoms with E-state index < -0.39 is 17.8 Å². The van der Waals surface area contributed by atoms with E-state index in [-0.39, 0.29) is 30.9 Å². The predicted molar refractivity (Wildman–Crippen MR) is 150 cm³/mol. The molecule has 1 aliphatic carbocycles. The zero-order valence-corrected chi connectivity index (χ0v) is 23.5. The fourth-order valence-corrected chi connectivity index (χ4v) is 5.15. The third-order valence-corrected chi connectivity index (χ3v) is 7.30. The summed E-state index contributed by atoms with van der Waals surface area (Å²) in [7, 11) is 3.07. The Hall–Kier alpha value is -4.74. The maximum Gasteiger partial charge on any atom is 0.247 e. The minimum absolute atomic E-state index is 0.00317. The topological polar surface area (TPSA) is 125 Å². The van der Waals surface area contributed by atoms with E-state index in [1.165, 1.54) is 47.3 Å². The molecule has 0 unspecified atom stereocenters. The molecule has 1 fully saturated rings. The number of benzene rings is 2. The first kappa shape index (κ1) is 28.8. The fraction of sp³-hybridized carbons (Fsp3) is 0.367. The smallest absolute Gasteiger partial charge is 0.247 e. The van der Waals surface area contributed by atoms with Crippen molar-refractivity contribution in [1.29, 1.82) is 0 Å². The van der Waals surface area contributed by atoms with Gasteiger partial charge in [-0.25, -0.2) is 4.39 Å². The highest BCUT2D eigenvalue weighted by atomic mass is 19.1. The zero-order valence-electron chi connectivity index (χ0n) is 23.5. The van der Waals surface area contributed by atoms with Crippen LogP contribution in [0, 0.1) is 5.82 Å². The number of rotatable bonds is 11. The van der Waals surface area contributed by atoms with Crippen molar-refractivity contribution in [2.24, 2.45) is 0 Å². The monoisotopic (exact) mass is 576 g/mol. The maximum atomic E-state index is 13.9. The van der Waals surface area contributed by atoms with Crippen molar-refractivity contribution in [3.63, 3.8) is 0 Å². The first-order chi connectivity index (χ1) is 20.4. The van der Waals surface area contributed by atoms with Crippen LogP contribution in [-0.4, -0.2) is 57.2 Å². The van der Waals surface area contributed by atoms with Crippen molar-refractivity contribution < 1.29 is 27.9 Å². The summed E-state index contributed by atoms with van der Waals surface area (Å²) in [6.45, 7) is -0.293. The molecule has 0 aliphatic heterocycles. The quantitative estimate of drug-likeness (QED) is 0.280. The largest absolute Gasteiger partial charge is 0.493 e. The molecule has 2 aromatic carbocycles. The van der Waals surface area contributed by atoms with Crippen LogP contribution in [0.2, 0.25) is 0 Å². The number of nitrogens with one attached hydrogen (secondary N) is 1. The number of aromatic nitrogens is 4. The van der Waals surface area contributed by atoms with E-state index in [1.54, 1.807) is 37.4 Å². The fourth-order valence-electron chi connectivity index (χ4n) is 5.15. The molecule has 5 rings (SSSR count). The van der Waals surface area contributed by atoms with Crippen LogP contribution in [0.4, 0.5) is 4.39 Å². The highest BCUT2D eigenvalue weighted by molar-refractivity contribution is 5.88. The summed E-state index contributed by atoms with van der Waals surface area (Å²) in [4.78, 5) is 30.3. The van der Waals surface area contributed by atoms with Gasteiger partial charge in [-0.1, -0.05) is 31.4 Å². The van der Waals surface area contributed by atoms with Gasteiger partial charge in [-0.3, -0.25) is 9.59 Å². The number of halogens is 1. The Morgan fingerprint density at radius 1 is 1.07 bits per heavy atom. The molecular formula is C30H33FN6O5. The molecule has 1 N–H and O–H groups in total. The normalized spacial score (nSPS) is 14.3. The second-order valence-electron chi connectivity index (χ2n) is 10.1. The van der Waals surface area contributed by atoms with E-state index >= 15 is 0 Å². The summed E-state index contributed by atoms with van der Waals surface area (Å²) in [5.41, 5.74) is 1.09. The number of nitrogens with zero attached hydrogens (tertiary/aromatic N) is 5. The zero-order chi connectivity index (χ0) is 29.5. The third kappa shape index (κ3) is 6.76. The summed E-state index contributed by atoms with van der Waals surface area (Å²) < 4.78 is 30.1. The average Bonchev–Trinajstić information content (AvgIpc) is 3.70. The Balaban J connectivity index is 1.43. The number of methoxy groups -OCH3 is 2. The van der Waals surface area contributed by atoms with E-state index in [9.17, 15) is 14.0 Å². The number of amides is 2. The molecule has 0 bridgehead atoms. The molecule has 0 saturated heterocycles. The Bertz CT molecular complexity index is 1480. The predicted octanol–water partition coefficient (Wildman–Crippen LogP) is 4.31. The van der Waals surface area contributed by atoms with E-state index in [4.69, 9.17) is 13.9 Å². The van der Waals surface area contributed by atoms with Crippen molar-refractivity contribution in [2.75, 3.05) is 14.2 Å². The van der Waals surface area contributed by atoms with Gasteiger partial charge in [0.15, 0.2) is 11.5 Å². The molecule has 4 aromatic rings. The minimum Gasteiger partial charge on any atom is -0.493 e. The van der Waals surface area contributed by atoms with E-state index in [1.807, 2.05) is 0 Å². The highest BCUT2D eigenvalue weighted by Crippen LogP contribution is 2.31. The highest BCUT2D eigenvalue weighted by Gasteiger charge is 2.34. The molecule has 42 heavy (non-hydrogen) atoms. The van der Waals surface area contributed by atoms with Gasteiger partial charge in [-0.15, -0.1) is 10.2 Å². The van der Waals surface area contributed by atoms with Gasteiger partial charge in [-0.05, 0) is 66.1 Å². The second kappa shape index (κ2) is 13.3. The van der Waals surface area contributed by atoms with Gasteiger partial charge in [0.1, 0.15) is 24.2 Å². The van der Waals surface area contributed by atoms with Crippen LogP contribution in [0.25, 0.3) is 11.4 Å². The summed E-state index contributed by atoms with van der Waals surface area (Å²) in [5, 5.41) is 15.7. The van der Waals surface area contributed by atoms with Crippen LogP contribution in [0.15, 0.2) is 65.3 Å². The van der Waals surface area contributed by atoms with E-state index in [0.717, 1.165) is 32.1 Å².